The van der Waals surface area contributed by atoms with Gasteiger partial charge < -0.3 is 5.11 Å². The van der Waals surface area contributed by atoms with E-state index in [0.29, 0.717) is 0 Å². The number of aryl methyl sites for hydroxylation is 1. The lowest BCUT2D eigenvalue weighted by molar-refractivity contribution is -0.135. The molecule has 1 rings (SSSR count). The summed E-state index contributed by atoms with van der Waals surface area (Å²) in [4.78, 5) is 10.3. The molecule has 0 bridgehead atoms. The monoisotopic (exact) mass is 190 g/mol. The van der Waals surface area contributed by atoms with Gasteiger partial charge in [-0.15, -0.1) is 0 Å². The lowest BCUT2D eigenvalue weighted by Crippen LogP contribution is -1.89. The Kier molecular flexibility index (Phi) is 3.92. The van der Waals surface area contributed by atoms with E-state index in [-0.39, 0.29) is 6.42 Å². The number of benzene rings is 1. The first-order valence-electron chi connectivity index (χ1n) is 4.69. The fourth-order valence-corrected chi connectivity index (χ4v) is 1.21. The lowest BCUT2D eigenvalue weighted by Gasteiger charge is -1.97. The quantitative estimate of drug-likeness (QED) is 0.792. The summed E-state index contributed by atoms with van der Waals surface area (Å²) in [7, 11) is 0. The summed E-state index contributed by atoms with van der Waals surface area (Å²) in [6.45, 7) is 2.10. The molecule has 1 aromatic rings. The van der Waals surface area contributed by atoms with E-state index in [4.69, 9.17) is 5.11 Å². The van der Waals surface area contributed by atoms with Crippen molar-refractivity contribution in [3.8, 4) is 0 Å². The number of carboxylic acid groups (broad SMARTS) is 1. The standard InChI is InChI=1S/C12H14O2/c1-2-10-5-3-6-11(9-10)7-4-8-12(13)14/h3-7,9H,2,8H2,1H3,(H,13,14). The van der Waals surface area contributed by atoms with Crippen LogP contribution < -0.4 is 0 Å². The third-order valence-corrected chi connectivity index (χ3v) is 1.96. The number of hydrogen-bond acceptors (Lipinski definition) is 1. The van der Waals surface area contributed by atoms with Crippen molar-refractivity contribution in [2.75, 3.05) is 0 Å². The number of carboxylic acids is 1. The summed E-state index contributed by atoms with van der Waals surface area (Å²) in [5.74, 6) is -0.798. The normalized spacial score (nSPS) is 10.6. The van der Waals surface area contributed by atoms with E-state index in [1.807, 2.05) is 18.2 Å². The van der Waals surface area contributed by atoms with E-state index < -0.39 is 5.97 Å². The van der Waals surface area contributed by atoms with Crippen molar-refractivity contribution >= 4 is 12.0 Å². The summed E-state index contributed by atoms with van der Waals surface area (Å²) in [6.07, 6.45) is 4.58. The molecule has 1 aromatic carbocycles. The molecule has 0 aromatic heterocycles. The van der Waals surface area contributed by atoms with Gasteiger partial charge in [0, 0.05) is 0 Å². The van der Waals surface area contributed by atoms with Gasteiger partial charge in [-0.2, -0.15) is 0 Å². The van der Waals surface area contributed by atoms with Crippen LogP contribution in [0, 0.1) is 0 Å². The summed E-state index contributed by atoms with van der Waals surface area (Å²) >= 11 is 0. The van der Waals surface area contributed by atoms with Crippen molar-refractivity contribution in [1.82, 2.24) is 0 Å². The zero-order valence-corrected chi connectivity index (χ0v) is 8.23. The number of hydrogen-bond donors (Lipinski definition) is 1. The molecule has 0 saturated carbocycles. The van der Waals surface area contributed by atoms with Gasteiger partial charge in [-0.05, 0) is 17.5 Å². The van der Waals surface area contributed by atoms with Gasteiger partial charge in [0.1, 0.15) is 0 Å². The Morgan fingerprint density at radius 3 is 2.93 bits per heavy atom. The summed E-state index contributed by atoms with van der Waals surface area (Å²) < 4.78 is 0. The van der Waals surface area contributed by atoms with Crippen LogP contribution in [0.3, 0.4) is 0 Å². The Morgan fingerprint density at radius 1 is 1.50 bits per heavy atom. The predicted octanol–water partition coefficient (Wildman–Crippen LogP) is 2.74. The highest BCUT2D eigenvalue weighted by Crippen LogP contribution is 2.07. The molecule has 2 nitrogen and oxygen atoms in total. The molecule has 0 aliphatic heterocycles. The van der Waals surface area contributed by atoms with Crippen LogP contribution in [0.4, 0.5) is 0 Å². The zero-order valence-electron chi connectivity index (χ0n) is 8.23. The second-order valence-electron chi connectivity index (χ2n) is 3.10. The van der Waals surface area contributed by atoms with Gasteiger partial charge in [-0.25, -0.2) is 0 Å². The van der Waals surface area contributed by atoms with E-state index in [1.165, 1.54) is 5.56 Å². The molecular weight excluding hydrogens is 176 g/mol. The van der Waals surface area contributed by atoms with Crippen LogP contribution >= 0.6 is 0 Å². The second kappa shape index (κ2) is 5.22. The molecule has 0 aliphatic carbocycles. The van der Waals surface area contributed by atoms with E-state index in [1.54, 1.807) is 6.08 Å². The highest BCUT2D eigenvalue weighted by molar-refractivity contribution is 5.70. The Hall–Kier alpha value is -1.57. The molecule has 0 atom stereocenters. The molecular formula is C12H14O2. The van der Waals surface area contributed by atoms with Crippen molar-refractivity contribution in [1.29, 1.82) is 0 Å². The van der Waals surface area contributed by atoms with Crippen LogP contribution in [-0.4, -0.2) is 11.1 Å². The average Bonchev–Trinajstić information content (AvgIpc) is 2.18. The first-order valence-corrected chi connectivity index (χ1v) is 4.69. The zero-order chi connectivity index (χ0) is 10.4. The average molecular weight is 190 g/mol. The molecule has 2 heteroatoms. The molecule has 0 heterocycles. The van der Waals surface area contributed by atoms with Crippen molar-refractivity contribution in [2.45, 2.75) is 19.8 Å². The second-order valence-corrected chi connectivity index (χ2v) is 3.10. The molecule has 0 aliphatic rings. The van der Waals surface area contributed by atoms with Crippen LogP contribution in [0.5, 0.6) is 0 Å². The van der Waals surface area contributed by atoms with Crippen molar-refractivity contribution in [3.05, 3.63) is 41.5 Å². The SMILES string of the molecule is CCc1cccc(C=CCC(=O)O)c1. The summed E-state index contributed by atoms with van der Waals surface area (Å²) in [5.41, 5.74) is 2.33. The molecule has 0 fully saturated rings. The molecule has 0 saturated heterocycles. The molecule has 14 heavy (non-hydrogen) atoms. The molecule has 0 unspecified atom stereocenters. The third-order valence-electron chi connectivity index (χ3n) is 1.96. The Labute approximate surface area is 83.9 Å². The maximum Gasteiger partial charge on any atom is 0.307 e. The number of carbonyl (C=O) groups is 1. The van der Waals surface area contributed by atoms with Gasteiger partial charge in [0.25, 0.3) is 0 Å². The number of rotatable bonds is 4. The van der Waals surface area contributed by atoms with Crippen LogP contribution in [0.2, 0.25) is 0 Å². The Bertz CT molecular complexity index is 340. The van der Waals surface area contributed by atoms with Crippen LogP contribution in [0.25, 0.3) is 6.08 Å². The predicted molar refractivity (Wildman–Crippen MR) is 57.1 cm³/mol. The van der Waals surface area contributed by atoms with Gasteiger partial charge in [0.15, 0.2) is 0 Å². The fourth-order valence-electron chi connectivity index (χ4n) is 1.21. The maximum atomic E-state index is 10.3. The summed E-state index contributed by atoms with van der Waals surface area (Å²) in [5, 5.41) is 8.44. The third kappa shape index (κ3) is 3.44. The van der Waals surface area contributed by atoms with Gasteiger partial charge >= 0.3 is 5.97 Å². The van der Waals surface area contributed by atoms with Crippen LogP contribution in [0.15, 0.2) is 30.3 Å². The van der Waals surface area contributed by atoms with Crippen molar-refractivity contribution in [3.63, 3.8) is 0 Å². The first kappa shape index (κ1) is 10.5. The minimum absolute atomic E-state index is 0.0797. The topological polar surface area (TPSA) is 37.3 Å². The van der Waals surface area contributed by atoms with Gasteiger partial charge in [0.2, 0.25) is 0 Å². The largest absolute Gasteiger partial charge is 0.481 e. The van der Waals surface area contributed by atoms with Gasteiger partial charge in [-0.3, -0.25) is 4.79 Å². The van der Waals surface area contributed by atoms with Crippen LogP contribution in [-0.2, 0) is 11.2 Å². The molecule has 1 N–H and O–H groups in total. The van der Waals surface area contributed by atoms with Crippen molar-refractivity contribution < 1.29 is 9.90 Å². The smallest absolute Gasteiger partial charge is 0.307 e. The summed E-state index contributed by atoms with van der Waals surface area (Å²) in [6, 6.07) is 8.09. The van der Waals surface area contributed by atoms with Crippen molar-refractivity contribution in [2.24, 2.45) is 0 Å². The van der Waals surface area contributed by atoms with Gasteiger partial charge in [-0.1, -0.05) is 43.3 Å². The van der Waals surface area contributed by atoms with E-state index >= 15 is 0 Å². The lowest BCUT2D eigenvalue weighted by atomic mass is 10.1. The molecule has 0 amide bonds. The minimum Gasteiger partial charge on any atom is -0.481 e. The van der Waals surface area contributed by atoms with E-state index in [9.17, 15) is 4.79 Å². The highest BCUT2D eigenvalue weighted by atomic mass is 16.4. The number of aliphatic carboxylic acids is 1. The van der Waals surface area contributed by atoms with Gasteiger partial charge in [0.05, 0.1) is 6.42 Å². The first-order chi connectivity index (χ1) is 6.72. The van der Waals surface area contributed by atoms with Crippen LogP contribution in [0.1, 0.15) is 24.5 Å². The highest BCUT2D eigenvalue weighted by Gasteiger charge is 1.92. The maximum absolute atomic E-state index is 10.3. The fraction of sp³-hybridized carbons (Fsp3) is 0.250. The Balaban J connectivity index is 2.66. The van der Waals surface area contributed by atoms with E-state index in [2.05, 4.69) is 19.1 Å². The molecule has 0 spiro atoms. The molecule has 74 valence electrons. The Morgan fingerprint density at radius 2 is 2.29 bits per heavy atom. The van der Waals surface area contributed by atoms with E-state index in [0.717, 1.165) is 12.0 Å². The molecule has 0 radical (unpaired) electrons. The minimum atomic E-state index is -0.798.